The highest BCUT2D eigenvalue weighted by Gasteiger charge is 2.33. The first-order valence-corrected chi connectivity index (χ1v) is 21.9. The van der Waals surface area contributed by atoms with E-state index in [-0.39, 0.29) is 60.1 Å². The molecule has 0 aliphatic heterocycles. The summed E-state index contributed by atoms with van der Waals surface area (Å²) in [7, 11) is -2.59. The molecule has 3 rings (SSSR count). The van der Waals surface area contributed by atoms with Crippen LogP contribution in [0.4, 0.5) is 4.79 Å². The van der Waals surface area contributed by atoms with E-state index in [1.165, 1.54) is 13.3 Å². The fourth-order valence-electron chi connectivity index (χ4n) is 6.09. The predicted molar refractivity (Wildman–Crippen MR) is 228 cm³/mol. The van der Waals surface area contributed by atoms with Crippen molar-refractivity contribution in [3.8, 4) is 5.75 Å². The summed E-state index contributed by atoms with van der Waals surface area (Å²) in [5.74, 6) is -1.73. The van der Waals surface area contributed by atoms with Crippen molar-refractivity contribution in [2.24, 2.45) is 22.6 Å². The second-order valence-corrected chi connectivity index (χ2v) is 17.7. The third kappa shape index (κ3) is 13.6. The lowest BCUT2D eigenvalue weighted by atomic mass is 9.96. The minimum Gasteiger partial charge on any atom is -0.496 e. The molecule has 0 saturated carbocycles. The molecule has 4 amide bonds. The van der Waals surface area contributed by atoms with Gasteiger partial charge in [0.1, 0.15) is 17.8 Å². The van der Waals surface area contributed by atoms with Crippen molar-refractivity contribution in [3.05, 3.63) is 73.1 Å². The maximum absolute atomic E-state index is 13.9. The lowest BCUT2D eigenvalue weighted by molar-refractivity contribution is -0.131. The zero-order chi connectivity index (χ0) is 43.3. The Labute approximate surface area is 354 Å². The van der Waals surface area contributed by atoms with Crippen LogP contribution >= 0.6 is 34.5 Å². The number of sulfonamides is 1. The van der Waals surface area contributed by atoms with Crippen LogP contribution in [0.5, 0.6) is 5.75 Å². The Kier molecular flexibility index (Phi) is 18.2. The number of nitrogens with one attached hydrogen (secondary N) is 5. The van der Waals surface area contributed by atoms with Gasteiger partial charge in [0.2, 0.25) is 23.6 Å². The first-order chi connectivity index (χ1) is 27.3. The SMILES string of the molecule is CC[C@H](C)[C@H](NC(=O)[C@H](CC(C)C)NC(=O)NCc1ccc(Cl)c(Cl)c1)C(=O)N[C@@H](CCCN=C(N)NS(=O)(=O)c1c(C)cc(OC)c(C)c1C)C(=O)c1nccs1. The number of thiazole rings is 1. The second kappa shape index (κ2) is 22.1. The van der Waals surface area contributed by atoms with Crippen LogP contribution in [-0.4, -0.2) is 74.8 Å². The van der Waals surface area contributed by atoms with E-state index in [9.17, 15) is 27.6 Å². The van der Waals surface area contributed by atoms with Crippen LogP contribution in [0.25, 0.3) is 0 Å². The van der Waals surface area contributed by atoms with Crippen molar-refractivity contribution in [1.82, 2.24) is 31.0 Å². The zero-order valence-corrected chi connectivity index (χ0v) is 37.1. The zero-order valence-electron chi connectivity index (χ0n) is 34.0. The van der Waals surface area contributed by atoms with Gasteiger partial charge in [-0.15, -0.1) is 11.3 Å². The molecular weight excluding hydrogens is 828 g/mol. The molecule has 0 bridgehead atoms. The molecule has 4 atom stereocenters. The van der Waals surface area contributed by atoms with Gasteiger partial charge >= 0.3 is 6.03 Å². The number of ether oxygens (including phenoxy) is 1. The largest absolute Gasteiger partial charge is 0.496 e. The summed E-state index contributed by atoms with van der Waals surface area (Å²) in [6, 6.07) is 2.91. The van der Waals surface area contributed by atoms with Crippen LogP contribution < -0.4 is 36.5 Å². The van der Waals surface area contributed by atoms with Crippen molar-refractivity contribution in [3.63, 3.8) is 0 Å². The molecule has 0 aliphatic carbocycles. The quantitative estimate of drug-likeness (QED) is 0.0361. The Morgan fingerprint density at radius 2 is 1.67 bits per heavy atom. The number of ketones is 1. The molecule has 0 aliphatic rings. The Hall–Kier alpha value is -4.45. The number of aliphatic imine (C=N–C) groups is 1. The van der Waals surface area contributed by atoms with E-state index in [1.807, 2.05) is 20.8 Å². The Bertz CT molecular complexity index is 2060. The number of nitrogens with two attached hydrogens (primary N) is 1. The lowest BCUT2D eigenvalue weighted by Gasteiger charge is -2.28. The third-order valence-electron chi connectivity index (χ3n) is 9.47. The molecule has 7 N–H and O–H groups in total. The molecule has 318 valence electrons. The van der Waals surface area contributed by atoms with E-state index in [4.69, 9.17) is 33.7 Å². The Morgan fingerprint density at radius 3 is 2.28 bits per heavy atom. The number of hydrogen-bond donors (Lipinski definition) is 6. The first-order valence-electron chi connectivity index (χ1n) is 18.8. The number of methoxy groups -OCH3 is 1. The van der Waals surface area contributed by atoms with Crippen LogP contribution in [-0.2, 0) is 26.2 Å². The number of rotatable bonds is 20. The van der Waals surface area contributed by atoms with Gasteiger partial charge in [-0.2, -0.15) is 0 Å². The number of urea groups is 1. The van der Waals surface area contributed by atoms with Gasteiger partial charge in [0, 0.05) is 24.7 Å². The molecular formula is C39H54Cl2N8O7S2. The van der Waals surface area contributed by atoms with Gasteiger partial charge in [-0.25, -0.2) is 22.9 Å². The lowest BCUT2D eigenvalue weighted by Crippen LogP contribution is -2.58. The van der Waals surface area contributed by atoms with Gasteiger partial charge in [0.15, 0.2) is 5.01 Å². The van der Waals surface area contributed by atoms with Crippen LogP contribution in [0.3, 0.4) is 0 Å². The minimum absolute atomic E-state index is 0.00849. The summed E-state index contributed by atoms with van der Waals surface area (Å²) in [6.07, 6.45) is 2.59. The molecule has 58 heavy (non-hydrogen) atoms. The molecule has 1 aromatic heterocycles. The molecule has 0 radical (unpaired) electrons. The number of halogens is 2. The maximum atomic E-state index is 13.9. The van der Waals surface area contributed by atoms with E-state index in [0.29, 0.717) is 44.5 Å². The first kappa shape index (κ1) is 47.9. The number of carbonyl (C=O) groups excluding carboxylic acids is 4. The normalized spacial score (nSPS) is 13.9. The fraction of sp³-hybridized carbons (Fsp3) is 0.487. The minimum atomic E-state index is -4.10. The van der Waals surface area contributed by atoms with Crippen molar-refractivity contribution in [2.45, 2.75) is 104 Å². The van der Waals surface area contributed by atoms with Crippen molar-refractivity contribution in [1.29, 1.82) is 0 Å². The van der Waals surface area contributed by atoms with E-state index in [2.05, 4.69) is 36.0 Å². The number of carbonyl (C=O) groups is 4. The number of benzene rings is 2. The van der Waals surface area contributed by atoms with Crippen molar-refractivity contribution >= 4 is 74.2 Å². The van der Waals surface area contributed by atoms with E-state index < -0.39 is 51.8 Å². The van der Waals surface area contributed by atoms with Crippen LogP contribution in [0.2, 0.25) is 10.0 Å². The van der Waals surface area contributed by atoms with Gasteiger partial charge in [-0.1, -0.05) is 63.4 Å². The number of aryl methyl sites for hydroxylation is 1. The highest BCUT2D eigenvalue weighted by Crippen LogP contribution is 2.30. The van der Waals surface area contributed by atoms with Gasteiger partial charge in [0.25, 0.3) is 10.0 Å². The third-order valence-corrected chi connectivity index (χ3v) is 12.6. The summed E-state index contributed by atoms with van der Waals surface area (Å²) in [5, 5.41) is 13.6. The Morgan fingerprint density at radius 1 is 0.966 bits per heavy atom. The van der Waals surface area contributed by atoms with E-state index in [0.717, 1.165) is 11.3 Å². The van der Waals surface area contributed by atoms with Crippen molar-refractivity contribution in [2.75, 3.05) is 13.7 Å². The Balaban J connectivity index is 1.73. The monoisotopic (exact) mass is 880 g/mol. The average Bonchev–Trinajstić information content (AvgIpc) is 3.71. The number of guanidine groups is 1. The smallest absolute Gasteiger partial charge is 0.315 e. The molecule has 15 nitrogen and oxygen atoms in total. The fourth-order valence-corrected chi connectivity index (χ4v) is 8.52. The van der Waals surface area contributed by atoms with Gasteiger partial charge in [0.05, 0.1) is 28.1 Å². The summed E-state index contributed by atoms with van der Waals surface area (Å²) >= 11 is 13.2. The van der Waals surface area contributed by atoms with Crippen LogP contribution in [0.15, 0.2) is 45.7 Å². The summed E-state index contributed by atoms with van der Waals surface area (Å²) in [5.41, 5.74) is 8.37. The molecule has 0 spiro atoms. The summed E-state index contributed by atoms with van der Waals surface area (Å²) in [4.78, 5) is 62.6. The molecule has 0 saturated heterocycles. The molecule has 19 heteroatoms. The highest BCUT2D eigenvalue weighted by atomic mass is 35.5. The molecule has 0 fully saturated rings. The predicted octanol–water partition coefficient (Wildman–Crippen LogP) is 5.57. The molecule has 0 unspecified atom stereocenters. The van der Waals surface area contributed by atoms with Crippen LogP contribution in [0, 0.1) is 32.6 Å². The number of Topliss-reactive ketones (excluding diaryl/α,β-unsaturated/α-hetero) is 1. The standard InChI is InChI=1S/C39H54Cl2N8O7S2/c1-9-22(4)32(48-35(51)30(17-21(2)3)47-39(53)45-20-26-12-13-27(40)28(41)19-26)36(52)46-29(33(50)37-43-15-16-57-37)11-10-14-44-38(42)49-58(54,55)34-23(5)18-31(56-8)24(6)25(34)7/h12-13,15-16,18-19,21-22,29-30,32H,9-11,14,17,20H2,1-8H3,(H,46,52)(H,48,51)(H3,42,44,49)(H2,45,47,53)/t22-,29-,30-,32-/m0/s1. The number of aromatic nitrogens is 1. The van der Waals surface area contributed by atoms with Crippen LogP contribution in [0.1, 0.15) is 85.4 Å². The topological polar surface area (TPSA) is 223 Å². The maximum Gasteiger partial charge on any atom is 0.315 e. The summed E-state index contributed by atoms with van der Waals surface area (Å²) in [6.45, 7) is 12.7. The van der Waals surface area contributed by atoms with Crippen molar-refractivity contribution < 1.29 is 32.3 Å². The summed E-state index contributed by atoms with van der Waals surface area (Å²) < 4.78 is 34.3. The van der Waals surface area contributed by atoms with E-state index >= 15 is 0 Å². The van der Waals surface area contributed by atoms with Gasteiger partial charge in [-0.05, 0) is 92.3 Å². The number of hydrogen-bond acceptors (Lipinski definition) is 10. The molecule has 1 heterocycles. The second-order valence-electron chi connectivity index (χ2n) is 14.4. The molecule has 3 aromatic rings. The molecule has 2 aromatic carbocycles. The van der Waals surface area contributed by atoms with Gasteiger partial charge < -0.3 is 31.7 Å². The average molecular weight is 882 g/mol. The highest BCUT2D eigenvalue weighted by molar-refractivity contribution is 7.90. The van der Waals surface area contributed by atoms with E-state index in [1.54, 1.807) is 57.3 Å². The number of amides is 4. The van der Waals surface area contributed by atoms with Gasteiger partial charge in [-0.3, -0.25) is 19.4 Å². The number of nitrogens with zero attached hydrogens (tertiary/aromatic N) is 2.